The largest absolute Gasteiger partial charge is 0.391 e. The van der Waals surface area contributed by atoms with Gasteiger partial charge in [-0.3, -0.25) is 0 Å². The molecule has 0 bridgehead atoms. The number of sulfonamides is 1. The number of nitrogens with zero attached hydrogens (tertiary/aromatic N) is 1. The van der Waals surface area contributed by atoms with Crippen LogP contribution < -0.4 is 9.62 Å². The van der Waals surface area contributed by atoms with Crippen LogP contribution >= 0.6 is 0 Å². The Morgan fingerprint density at radius 1 is 1.35 bits per heavy atom. The summed E-state index contributed by atoms with van der Waals surface area (Å²) >= 11 is 0. The van der Waals surface area contributed by atoms with Gasteiger partial charge in [0.05, 0.1) is 11.0 Å². The number of β-amino-alcohol motifs (C(OH)–C–C–N with tert-alkyl or cyclic N) is 1. The van der Waals surface area contributed by atoms with Crippen LogP contribution in [0, 0.1) is 0 Å². The van der Waals surface area contributed by atoms with Gasteiger partial charge in [-0.1, -0.05) is 6.92 Å². The van der Waals surface area contributed by atoms with Gasteiger partial charge in [-0.15, -0.1) is 0 Å². The molecule has 0 aromatic heterocycles. The molecule has 1 aromatic rings. The van der Waals surface area contributed by atoms with Gasteiger partial charge in [0.2, 0.25) is 10.0 Å². The first-order valence-corrected chi connectivity index (χ1v) is 8.54. The Morgan fingerprint density at radius 3 is 2.65 bits per heavy atom. The number of aliphatic hydroxyl groups excluding tert-OH is 1. The van der Waals surface area contributed by atoms with Crippen molar-refractivity contribution in [3.8, 4) is 0 Å². The number of piperidine rings is 1. The molecular formula is C14H22N2O3S. The van der Waals surface area contributed by atoms with Crippen molar-refractivity contribution in [3.63, 3.8) is 0 Å². The molecule has 0 unspecified atom stereocenters. The molecule has 1 aromatic carbocycles. The number of nitrogens with one attached hydrogen (secondary N) is 1. The minimum Gasteiger partial charge on any atom is -0.391 e. The van der Waals surface area contributed by atoms with Gasteiger partial charge < -0.3 is 10.0 Å². The van der Waals surface area contributed by atoms with Gasteiger partial charge in [0, 0.05) is 25.3 Å². The van der Waals surface area contributed by atoms with Gasteiger partial charge >= 0.3 is 0 Å². The molecule has 0 saturated carbocycles. The molecule has 0 radical (unpaired) electrons. The normalized spacial score (nSPS) is 20.1. The molecule has 0 spiro atoms. The highest BCUT2D eigenvalue weighted by molar-refractivity contribution is 7.89. The quantitative estimate of drug-likeness (QED) is 0.860. The summed E-state index contributed by atoms with van der Waals surface area (Å²) in [5.41, 5.74) is 0.957. The van der Waals surface area contributed by atoms with E-state index in [1.165, 1.54) is 0 Å². The van der Waals surface area contributed by atoms with Crippen LogP contribution in [0.1, 0.15) is 26.2 Å². The Bertz CT molecular complexity index is 528. The summed E-state index contributed by atoms with van der Waals surface area (Å²) < 4.78 is 26.5. The Hall–Kier alpha value is -1.11. The number of rotatable bonds is 5. The first-order chi connectivity index (χ1) is 9.53. The van der Waals surface area contributed by atoms with Crippen molar-refractivity contribution >= 4 is 15.7 Å². The zero-order valence-electron chi connectivity index (χ0n) is 11.7. The summed E-state index contributed by atoms with van der Waals surface area (Å²) in [6.07, 6.45) is 2.27. The number of hydrogen-bond acceptors (Lipinski definition) is 4. The van der Waals surface area contributed by atoms with Crippen LogP contribution in [0.5, 0.6) is 0 Å². The van der Waals surface area contributed by atoms with Crippen molar-refractivity contribution in [1.82, 2.24) is 4.72 Å². The number of hydrogen-bond donors (Lipinski definition) is 2. The molecule has 2 rings (SSSR count). The average molecular weight is 298 g/mol. The lowest BCUT2D eigenvalue weighted by Crippen LogP contribution is -2.38. The molecule has 5 nitrogen and oxygen atoms in total. The van der Waals surface area contributed by atoms with Gasteiger partial charge in [0.15, 0.2) is 0 Å². The maximum absolute atomic E-state index is 12.0. The lowest BCUT2D eigenvalue weighted by molar-refractivity contribution is 0.154. The second-order valence-corrected chi connectivity index (χ2v) is 6.90. The van der Waals surface area contributed by atoms with Crippen LogP contribution in [0.25, 0.3) is 0 Å². The number of anilines is 1. The standard InChI is InChI=1S/C14H22N2O3S/c1-2-9-15-20(18,19)14-7-5-12(6-8-14)16-10-3-4-13(17)11-16/h5-8,13,15,17H,2-4,9-11H2,1H3/t13-/m0/s1. The summed E-state index contributed by atoms with van der Waals surface area (Å²) in [4.78, 5) is 2.37. The van der Waals surface area contributed by atoms with Crippen LogP contribution in [0.15, 0.2) is 29.2 Å². The molecule has 1 fully saturated rings. The molecule has 1 aliphatic rings. The highest BCUT2D eigenvalue weighted by Crippen LogP contribution is 2.21. The zero-order valence-corrected chi connectivity index (χ0v) is 12.6. The summed E-state index contributed by atoms with van der Waals surface area (Å²) in [5.74, 6) is 0. The minimum absolute atomic E-state index is 0.284. The van der Waals surface area contributed by atoms with E-state index in [0.717, 1.165) is 31.5 Å². The highest BCUT2D eigenvalue weighted by Gasteiger charge is 2.19. The summed E-state index contributed by atoms with van der Waals surface area (Å²) in [6, 6.07) is 6.85. The third-order valence-electron chi connectivity index (χ3n) is 3.45. The fourth-order valence-corrected chi connectivity index (χ4v) is 3.48. The van der Waals surface area contributed by atoms with Crippen molar-refractivity contribution in [2.75, 3.05) is 24.5 Å². The Kier molecular flexibility index (Phi) is 5.01. The Labute approximate surface area is 120 Å². The smallest absolute Gasteiger partial charge is 0.240 e. The molecule has 1 aliphatic heterocycles. The summed E-state index contributed by atoms with van der Waals surface area (Å²) in [6.45, 7) is 3.88. The van der Waals surface area contributed by atoms with Gasteiger partial charge in [-0.25, -0.2) is 13.1 Å². The molecule has 112 valence electrons. The molecule has 1 heterocycles. The first-order valence-electron chi connectivity index (χ1n) is 7.05. The molecule has 20 heavy (non-hydrogen) atoms. The van der Waals surface area contributed by atoms with E-state index >= 15 is 0 Å². The number of benzene rings is 1. The van der Waals surface area contributed by atoms with Gasteiger partial charge in [0.1, 0.15) is 0 Å². The Morgan fingerprint density at radius 2 is 2.05 bits per heavy atom. The predicted molar refractivity (Wildman–Crippen MR) is 79.4 cm³/mol. The van der Waals surface area contributed by atoms with E-state index in [-0.39, 0.29) is 11.0 Å². The van der Waals surface area contributed by atoms with Crippen molar-refractivity contribution in [3.05, 3.63) is 24.3 Å². The summed E-state index contributed by atoms with van der Waals surface area (Å²) in [7, 11) is -3.40. The predicted octanol–water partition coefficient (Wildman–Crippen LogP) is 1.34. The lowest BCUT2D eigenvalue weighted by atomic mass is 10.1. The van der Waals surface area contributed by atoms with Gasteiger partial charge in [-0.2, -0.15) is 0 Å². The fraction of sp³-hybridized carbons (Fsp3) is 0.571. The molecule has 0 amide bonds. The Balaban J connectivity index is 2.10. The van der Waals surface area contributed by atoms with Crippen LogP contribution in [-0.4, -0.2) is 39.3 Å². The van der Waals surface area contributed by atoms with E-state index in [9.17, 15) is 13.5 Å². The first kappa shape index (κ1) is 15.3. The van der Waals surface area contributed by atoms with Crippen molar-refractivity contribution in [2.45, 2.75) is 37.2 Å². The zero-order chi connectivity index (χ0) is 14.6. The monoisotopic (exact) mass is 298 g/mol. The van der Waals surface area contributed by atoms with Crippen molar-refractivity contribution < 1.29 is 13.5 Å². The topological polar surface area (TPSA) is 69.6 Å². The molecule has 2 N–H and O–H groups in total. The number of aliphatic hydroxyl groups is 1. The van der Waals surface area contributed by atoms with Crippen LogP contribution in [-0.2, 0) is 10.0 Å². The van der Waals surface area contributed by atoms with Crippen molar-refractivity contribution in [2.24, 2.45) is 0 Å². The van der Waals surface area contributed by atoms with E-state index in [1.807, 2.05) is 6.92 Å². The highest BCUT2D eigenvalue weighted by atomic mass is 32.2. The van der Waals surface area contributed by atoms with Crippen LogP contribution in [0.3, 0.4) is 0 Å². The van der Waals surface area contributed by atoms with E-state index < -0.39 is 10.0 Å². The van der Waals surface area contributed by atoms with Gasteiger partial charge in [-0.05, 0) is 43.5 Å². The molecular weight excluding hydrogens is 276 g/mol. The average Bonchev–Trinajstić information content (AvgIpc) is 2.45. The molecule has 1 saturated heterocycles. The SMILES string of the molecule is CCCNS(=O)(=O)c1ccc(N2CCC[C@H](O)C2)cc1. The molecule has 1 atom stereocenters. The molecule has 0 aliphatic carbocycles. The van der Waals surface area contributed by atoms with Crippen LogP contribution in [0.4, 0.5) is 5.69 Å². The van der Waals surface area contributed by atoms with E-state index in [0.29, 0.717) is 13.1 Å². The van der Waals surface area contributed by atoms with E-state index in [1.54, 1.807) is 24.3 Å². The third-order valence-corrected chi connectivity index (χ3v) is 4.93. The lowest BCUT2D eigenvalue weighted by Gasteiger charge is -2.32. The van der Waals surface area contributed by atoms with E-state index in [2.05, 4.69) is 9.62 Å². The second-order valence-electron chi connectivity index (χ2n) is 5.13. The van der Waals surface area contributed by atoms with Crippen molar-refractivity contribution in [1.29, 1.82) is 0 Å². The minimum atomic E-state index is -3.40. The molecule has 6 heteroatoms. The maximum atomic E-state index is 12.0. The second kappa shape index (κ2) is 6.56. The maximum Gasteiger partial charge on any atom is 0.240 e. The van der Waals surface area contributed by atoms with Gasteiger partial charge in [0.25, 0.3) is 0 Å². The van der Waals surface area contributed by atoms with E-state index in [4.69, 9.17) is 0 Å². The fourth-order valence-electron chi connectivity index (χ4n) is 2.35. The third kappa shape index (κ3) is 3.71. The van der Waals surface area contributed by atoms with Crippen LogP contribution in [0.2, 0.25) is 0 Å². The summed E-state index contributed by atoms with van der Waals surface area (Å²) in [5, 5.41) is 9.67.